The third kappa shape index (κ3) is 1.82. The van der Waals surface area contributed by atoms with Crippen LogP contribution in [0.15, 0.2) is 30.5 Å². The lowest BCUT2D eigenvalue weighted by Crippen LogP contribution is -1.88. The van der Waals surface area contributed by atoms with E-state index in [1.165, 1.54) is 0 Å². The van der Waals surface area contributed by atoms with Crippen molar-refractivity contribution in [2.75, 3.05) is 7.11 Å². The maximum atomic E-state index is 9.31. The smallest absolute Gasteiger partial charge is 0.118 e. The fraction of sp³-hybridized carbons (Fsp3) is 0.231. The number of aromatic nitrogens is 1. The van der Waals surface area contributed by atoms with Gasteiger partial charge in [-0.15, -0.1) is 0 Å². The first-order valence-corrected chi connectivity index (χ1v) is 5.18. The standard InChI is InChI=1S/C13H15NO2/c1-9-7-14-13(12(9)8-15)10-3-5-11(16-2)6-4-10/h3-7,14-15H,8H2,1-2H3. The summed E-state index contributed by atoms with van der Waals surface area (Å²) >= 11 is 0. The molecule has 0 saturated heterocycles. The molecule has 1 aromatic heterocycles. The van der Waals surface area contributed by atoms with Crippen LogP contribution < -0.4 is 4.74 Å². The summed E-state index contributed by atoms with van der Waals surface area (Å²) in [5, 5.41) is 9.31. The number of hydrogen-bond donors (Lipinski definition) is 2. The molecule has 2 N–H and O–H groups in total. The highest BCUT2D eigenvalue weighted by atomic mass is 16.5. The van der Waals surface area contributed by atoms with Crippen molar-refractivity contribution in [1.82, 2.24) is 4.98 Å². The van der Waals surface area contributed by atoms with E-state index in [2.05, 4.69) is 4.98 Å². The van der Waals surface area contributed by atoms with Crippen LogP contribution in [-0.2, 0) is 6.61 Å². The molecule has 0 atom stereocenters. The number of H-pyrrole nitrogens is 1. The lowest BCUT2D eigenvalue weighted by Gasteiger charge is -2.04. The lowest BCUT2D eigenvalue weighted by atomic mass is 10.1. The topological polar surface area (TPSA) is 45.2 Å². The first-order chi connectivity index (χ1) is 7.76. The highest BCUT2D eigenvalue weighted by Gasteiger charge is 2.08. The number of hydrogen-bond acceptors (Lipinski definition) is 2. The third-order valence-electron chi connectivity index (χ3n) is 2.75. The Kier molecular flexibility index (Phi) is 2.97. The quantitative estimate of drug-likeness (QED) is 0.829. The van der Waals surface area contributed by atoms with Crippen molar-refractivity contribution >= 4 is 0 Å². The second kappa shape index (κ2) is 4.41. The van der Waals surface area contributed by atoms with E-state index in [9.17, 15) is 5.11 Å². The average molecular weight is 217 g/mol. The van der Waals surface area contributed by atoms with Gasteiger partial charge in [-0.05, 0) is 42.3 Å². The number of ether oxygens (including phenoxy) is 1. The lowest BCUT2D eigenvalue weighted by molar-refractivity contribution is 0.282. The van der Waals surface area contributed by atoms with Crippen molar-refractivity contribution in [2.45, 2.75) is 13.5 Å². The number of benzene rings is 1. The predicted molar refractivity (Wildman–Crippen MR) is 63.4 cm³/mol. The summed E-state index contributed by atoms with van der Waals surface area (Å²) in [5.74, 6) is 0.831. The molecular formula is C13H15NO2. The van der Waals surface area contributed by atoms with Crippen LogP contribution in [0.25, 0.3) is 11.3 Å². The minimum Gasteiger partial charge on any atom is -0.497 e. The van der Waals surface area contributed by atoms with Gasteiger partial charge in [0.2, 0.25) is 0 Å². The number of methoxy groups -OCH3 is 1. The molecule has 0 radical (unpaired) electrons. The van der Waals surface area contributed by atoms with Crippen LogP contribution in [0.1, 0.15) is 11.1 Å². The van der Waals surface area contributed by atoms with Crippen LogP contribution in [0.5, 0.6) is 5.75 Å². The van der Waals surface area contributed by atoms with Gasteiger partial charge in [-0.2, -0.15) is 0 Å². The van der Waals surface area contributed by atoms with E-state index in [1.807, 2.05) is 37.4 Å². The van der Waals surface area contributed by atoms with Crippen LogP contribution in [0.2, 0.25) is 0 Å². The second-order valence-corrected chi connectivity index (χ2v) is 3.71. The Bertz CT molecular complexity index is 471. The van der Waals surface area contributed by atoms with Crippen LogP contribution >= 0.6 is 0 Å². The molecule has 0 aliphatic heterocycles. The summed E-state index contributed by atoms with van der Waals surface area (Å²) in [5.41, 5.74) is 4.05. The molecule has 3 heteroatoms. The predicted octanol–water partition coefficient (Wildman–Crippen LogP) is 2.49. The van der Waals surface area contributed by atoms with E-state index in [0.29, 0.717) is 0 Å². The van der Waals surface area contributed by atoms with Gasteiger partial charge in [0.25, 0.3) is 0 Å². The van der Waals surface area contributed by atoms with E-state index in [4.69, 9.17) is 4.74 Å². The van der Waals surface area contributed by atoms with Crippen LogP contribution in [-0.4, -0.2) is 17.2 Å². The van der Waals surface area contributed by atoms with Crippen molar-refractivity contribution < 1.29 is 9.84 Å². The summed E-state index contributed by atoms with van der Waals surface area (Å²) in [7, 11) is 1.65. The van der Waals surface area contributed by atoms with Crippen molar-refractivity contribution in [2.24, 2.45) is 0 Å². The zero-order valence-electron chi connectivity index (χ0n) is 9.45. The maximum absolute atomic E-state index is 9.31. The maximum Gasteiger partial charge on any atom is 0.118 e. The molecule has 0 aliphatic rings. The molecule has 84 valence electrons. The van der Waals surface area contributed by atoms with Gasteiger partial charge in [0.05, 0.1) is 19.4 Å². The van der Waals surface area contributed by atoms with Gasteiger partial charge in [-0.25, -0.2) is 0 Å². The molecule has 2 rings (SSSR count). The molecule has 0 saturated carbocycles. The zero-order valence-corrected chi connectivity index (χ0v) is 9.45. The van der Waals surface area contributed by atoms with Gasteiger partial charge >= 0.3 is 0 Å². The van der Waals surface area contributed by atoms with Crippen LogP contribution in [0.3, 0.4) is 0 Å². The Morgan fingerprint density at radius 3 is 2.50 bits per heavy atom. The first-order valence-electron chi connectivity index (χ1n) is 5.18. The number of aliphatic hydroxyl groups excluding tert-OH is 1. The van der Waals surface area contributed by atoms with Crippen LogP contribution in [0, 0.1) is 6.92 Å². The summed E-state index contributed by atoms with van der Waals surface area (Å²) in [6, 6.07) is 7.77. The molecule has 0 fully saturated rings. The van der Waals surface area contributed by atoms with Crippen molar-refractivity contribution in [3.63, 3.8) is 0 Å². The molecule has 0 spiro atoms. The Morgan fingerprint density at radius 2 is 1.94 bits per heavy atom. The fourth-order valence-electron chi connectivity index (χ4n) is 1.77. The Hall–Kier alpha value is -1.74. The Morgan fingerprint density at radius 1 is 1.25 bits per heavy atom. The number of aliphatic hydroxyl groups is 1. The number of aryl methyl sites for hydroxylation is 1. The third-order valence-corrected chi connectivity index (χ3v) is 2.75. The summed E-state index contributed by atoms with van der Waals surface area (Å²) < 4.78 is 5.11. The number of nitrogens with one attached hydrogen (secondary N) is 1. The zero-order chi connectivity index (χ0) is 11.5. The van der Waals surface area contributed by atoms with E-state index >= 15 is 0 Å². The molecule has 0 bridgehead atoms. The minimum atomic E-state index is 0.0523. The van der Waals surface area contributed by atoms with Gasteiger partial charge in [-0.1, -0.05) is 0 Å². The second-order valence-electron chi connectivity index (χ2n) is 3.71. The molecular weight excluding hydrogens is 202 g/mol. The number of rotatable bonds is 3. The van der Waals surface area contributed by atoms with Crippen molar-refractivity contribution in [3.05, 3.63) is 41.6 Å². The number of aromatic amines is 1. The van der Waals surface area contributed by atoms with Gasteiger partial charge in [0, 0.05) is 11.8 Å². The Labute approximate surface area is 94.7 Å². The fourth-order valence-corrected chi connectivity index (χ4v) is 1.77. The van der Waals surface area contributed by atoms with E-state index in [-0.39, 0.29) is 6.61 Å². The Balaban J connectivity index is 2.42. The van der Waals surface area contributed by atoms with E-state index < -0.39 is 0 Å². The molecule has 1 aromatic carbocycles. The largest absolute Gasteiger partial charge is 0.497 e. The monoisotopic (exact) mass is 217 g/mol. The minimum absolute atomic E-state index is 0.0523. The highest BCUT2D eigenvalue weighted by Crippen LogP contribution is 2.26. The van der Waals surface area contributed by atoms with Gasteiger partial charge < -0.3 is 14.8 Å². The summed E-state index contributed by atoms with van der Waals surface area (Å²) in [6.45, 7) is 2.03. The molecule has 1 heterocycles. The average Bonchev–Trinajstić information content (AvgIpc) is 2.70. The molecule has 0 aliphatic carbocycles. The first kappa shape index (κ1) is 10.8. The van der Waals surface area contributed by atoms with Crippen molar-refractivity contribution in [1.29, 1.82) is 0 Å². The van der Waals surface area contributed by atoms with Crippen LogP contribution in [0.4, 0.5) is 0 Å². The summed E-state index contributed by atoms with van der Waals surface area (Å²) in [6.07, 6.45) is 1.91. The van der Waals surface area contributed by atoms with Gasteiger partial charge in [0.1, 0.15) is 5.75 Å². The van der Waals surface area contributed by atoms with E-state index in [0.717, 1.165) is 28.1 Å². The molecule has 0 amide bonds. The SMILES string of the molecule is COc1ccc(-c2[nH]cc(C)c2CO)cc1. The molecule has 16 heavy (non-hydrogen) atoms. The van der Waals surface area contributed by atoms with Gasteiger partial charge in [0.15, 0.2) is 0 Å². The van der Waals surface area contributed by atoms with Gasteiger partial charge in [-0.3, -0.25) is 0 Å². The summed E-state index contributed by atoms with van der Waals surface area (Å²) in [4.78, 5) is 3.18. The van der Waals surface area contributed by atoms with Crippen molar-refractivity contribution in [3.8, 4) is 17.0 Å². The van der Waals surface area contributed by atoms with E-state index in [1.54, 1.807) is 7.11 Å². The highest BCUT2D eigenvalue weighted by molar-refractivity contribution is 5.65. The normalized spacial score (nSPS) is 10.4. The molecule has 0 unspecified atom stereocenters. The molecule has 2 aromatic rings. The molecule has 3 nitrogen and oxygen atoms in total.